The average molecular weight is 223 g/mol. The molecular formula is C15H13NO. The summed E-state index contributed by atoms with van der Waals surface area (Å²) >= 11 is 0. The van der Waals surface area contributed by atoms with Gasteiger partial charge in [0.1, 0.15) is 11.8 Å². The van der Waals surface area contributed by atoms with Gasteiger partial charge in [0, 0.05) is 11.1 Å². The van der Waals surface area contributed by atoms with Crippen LogP contribution in [0.5, 0.6) is 0 Å². The van der Waals surface area contributed by atoms with E-state index in [2.05, 4.69) is 36.5 Å². The number of nitrogens with one attached hydrogen (secondary N) is 1. The lowest BCUT2D eigenvalue weighted by Gasteiger charge is -2.04. The summed E-state index contributed by atoms with van der Waals surface area (Å²) in [6.45, 7) is 2.08. The number of furan rings is 1. The molecule has 0 radical (unpaired) electrons. The van der Waals surface area contributed by atoms with Gasteiger partial charge in [-0.25, -0.2) is 0 Å². The molecule has 0 saturated carbocycles. The lowest BCUT2D eigenvalue weighted by atomic mass is 10.2. The monoisotopic (exact) mass is 223 g/mol. The van der Waals surface area contributed by atoms with Crippen LogP contribution in [0.4, 0.5) is 11.4 Å². The van der Waals surface area contributed by atoms with Gasteiger partial charge in [0.2, 0.25) is 0 Å². The van der Waals surface area contributed by atoms with Gasteiger partial charge in [0.15, 0.2) is 0 Å². The topological polar surface area (TPSA) is 25.2 Å². The highest BCUT2D eigenvalue weighted by molar-refractivity contribution is 5.92. The van der Waals surface area contributed by atoms with Crippen molar-refractivity contribution in [2.75, 3.05) is 5.32 Å². The van der Waals surface area contributed by atoms with Crippen LogP contribution in [0.15, 0.2) is 59.2 Å². The molecule has 3 aromatic rings. The molecule has 0 amide bonds. The van der Waals surface area contributed by atoms with Crippen LogP contribution in [0.25, 0.3) is 11.0 Å². The van der Waals surface area contributed by atoms with Crippen molar-refractivity contribution in [2.24, 2.45) is 0 Å². The lowest BCUT2D eigenvalue weighted by molar-refractivity contribution is 0.617. The maximum atomic E-state index is 5.49. The zero-order chi connectivity index (χ0) is 11.7. The molecular weight excluding hydrogens is 210 g/mol. The number of hydrogen-bond acceptors (Lipinski definition) is 2. The van der Waals surface area contributed by atoms with Gasteiger partial charge >= 0.3 is 0 Å². The van der Waals surface area contributed by atoms with Gasteiger partial charge < -0.3 is 9.73 Å². The van der Waals surface area contributed by atoms with E-state index in [4.69, 9.17) is 4.42 Å². The van der Waals surface area contributed by atoms with Crippen molar-refractivity contribution in [2.45, 2.75) is 6.92 Å². The maximum absolute atomic E-state index is 5.49. The SMILES string of the molecule is Cc1cccc(Nc2coc3ccccc23)c1. The first kappa shape index (κ1) is 9.97. The van der Waals surface area contributed by atoms with Crippen LogP contribution in [0.2, 0.25) is 0 Å². The Morgan fingerprint density at radius 3 is 2.76 bits per heavy atom. The Balaban J connectivity index is 2.00. The van der Waals surface area contributed by atoms with Crippen LogP contribution < -0.4 is 5.32 Å². The van der Waals surface area contributed by atoms with Crippen LogP contribution in [-0.2, 0) is 0 Å². The number of anilines is 2. The van der Waals surface area contributed by atoms with Crippen LogP contribution in [0.3, 0.4) is 0 Å². The number of benzene rings is 2. The Bertz CT molecular complexity index is 655. The summed E-state index contributed by atoms with van der Waals surface area (Å²) in [5, 5.41) is 4.48. The van der Waals surface area contributed by atoms with E-state index >= 15 is 0 Å². The van der Waals surface area contributed by atoms with E-state index in [0.29, 0.717) is 0 Å². The second kappa shape index (κ2) is 3.98. The summed E-state index contributed by atoms with van der Waals surface area (Å²) in [7, 11) is 0. The summed E-state index contributed by atoms with van der Waals surface area (Å²) in [6.07, 6.45) is 1.76. The number of fused-ring (bicyclic) bond motifs is 1. The van der Waals surface area contributed by atoms with Crippen LogP contribution in [-0.4, -0.2) is 0 Å². The minimum atomic E-state index is 0.905. The van der Waals surface area contributed by atoms with Gasteiger partial charge in [0.05, 0.1) is 5.69 Å². The van der Waals surface area contributed by atoms with E-state index in [0.717, 1.165) is 22.3 Å². The average Bonchev–Trinajstić information content (AvgIpc) is 2.73. The maximum Gasteiger partial charge on any atom is 0.136 e. The third kappa shape index (κ3) is 1.89. The van der Waals surface area contributed by atoms with Crippen LogP contribution in [0.1, 0.15) is 5.56 Å². The fraction of sp³-hybridized carbons (Fsp3) is 0.0667. The minimum Gasteiger partial charge on any atom is -0.462 e. The van der Waals surface area contributed by atoms with Gasteiger partial charge in [-0.1, -0.05) is 24.3 Å². The molecule has 1 N–H and O–H groups in total. The molecule has 1 aromatic heterocycles. The van der Waals surface area contributed by atoms with Gasteiger partial charge in [-0.2, -0.15) is 0 Å². The molecule has 0 fully saturated rings. The third-order valence-corrected chi connectivity index (χ3v) is 2.78. The summed E-state index contributed by atoms with van der Waals surface area (Å²) in [5.74, 6) is 0. The highest BCUT2D eigenvalue weighted by Gasteiger charge is 2.04. The summed E-state index contributed by atoms with van der Waals surface area (Å²) in [6, 6.07) is 16.3. The van der Waals surface area contributed by atoms with E-state index < -0.39 is 0 Å². The van der Waals surface area contributed by atoms with Crippen molar-refractivity contribution >= 4 is 22.3 Å². The van der Waals surface area contributed by atoms with E-state index in [1.165, 1.54) is 5.56 Å². The second-order valence-corrected chi connectivity index (χ2v) is 4.14. The molecule has 0 aliphatic rings. The standard InChI is InChI=1S/C15H13NO/c1-11-5-4-6-12(9-11)16-14-10-17-15-8-3-2-7-13(14)15/h2-10,16H,1H3. The highest BCUT2D eigenvalue weighted by Crippen LogP contribution is 2.28. The van der Waals surface area contributed by atoms with E-state index in [9.17, 15) is 0 Å². The fourth-order valence-corrected chi connectivity index (χ4v) is 1.95. The van der Waals surface area contributed by atoms with Crippen molar-refractivity contribution in [1.82, 2.24) is 0 Å². The van der Waals surface area contributed by atoms with Gasteiger partial charge in [-0.05, 0) is 36.8 Å². The molecule has 84 valence electrons. The molecule has 0 unspecified atom stereocenters. The van der Waals surface area contributed by atoms with Gasteiger partial charge in [0.25, 0.3) is 0 Å². The Labute approximate surface area is 99.9 Å². The third-order valence-electron chi connectivity index (χ3n) is 2.78. The quantitative estimate of drug-likeness (QED) is 0.692. The highest BCUT2D eigenvalue weighted by atomic mass is 16.3. The first-order valence-electron chi connectivity index (χ1n) is 5.63. The van der Waals surface area contributed by atoms with Gasteiger partial charge in [-0.15, -0.1) is 0 Å². The number of para-hydroxylation sites is 1. The molecule has 0 spiro atoms. The normalized spacial score (nSPS) is 10.6. The van der Waals surface area contributed by atoms with Crippen molar-refractivity contribution in [3.05, 3.63) is 60.4 Å². The van der Waals surface area contributed by atoms with E-state index in [-0.39, 0.29) is 0 Å². The van der Waals surface area contributed by atoms with Crippen molar-refractivity contribution in [3.8, 4) is 0 Å². The zero-order valence-electron chi connectivity index (χ0n) is 9.60. The van der Waals surface area contributed by atoms with Crippen LogP contribution >= 0.6 is 0 Å². The minimum absolute atomic E-state index is 0.905. The number of aryl methyl sites for hydroxylation is 1. The molecule has 0 saturated heterocycles. The molecule has 2 aromatic carbocycles. The molecule has 0 atom stereocenters. The predicted octanol–water partition coefficient (Wildman–Crippen LogP) is 4.48. The van der Waals surface area contributed by atoms with Crippen LogP contribution in [0, 0.1) is 6.92 Å². The second-order valence-electron chi connectivity index (χ2n) is 4.14. The molecule has 17 heavy (non-hydrogen) atoms. The smallest absolute Gasteiger partial charge is 0.136 e. The first-order valence-corrected chi connectivity index (χ1v) is 5.63. The van der Waals surface area contributed by atoms with E-state index in [1.54, 1.807) is 6.26 Å². The number of rotatable bonds is 2. The Kier molecular flexibility index (Phi) is 2.33. The first-order chi connectivity index (χ1) is 8.33. The molecule has 0 aliphatic heterocycles. The molecule has 0 aliphatic carbocycles. The fourth-order valence-electron chi connectivity index (χ4n) is 1.95. The Hall–Kier alpha value is -2.22. The summed E-state index contributed by atoms with van der Waals surface area (Å²) < 4.78 is 5.49. The molecule has 0 bridgehead atoms. The summed E-state index contributed by atoms with van der Waals surface area (Å²) in [4.78, 5) is 0. The lowest BCUT2D eigenvalue weighted by Crippen LogP contribution is -1.88. The predicted molar refractivity (Wildman–Crippen MR) is 70.7 cm³/mol. The largest absolute Gasteiger partial charge is 0.462 e. The molecule has 2 heteroatoms. The van der Waals surface area contributed by atoms with Crippen molar-refractivity contribution in [1.29, 1.82) is 0 Å². The molecule has 3 rings (SSSR count). The Morgan fingerprint density at radius 2 is 1.88 bits per heavy atom. The zero-order valence-corrected chi connectivity index (χ0v) is 9.60. The van der Waals surface area contributed by atoms with Crippen molar-refractivity contribution < 1.29 is 4.42 Å². The van der Waals surface area contributed by atoms with Gasteiger partial charge in [-0.3, -0.25) is 0 Å². The van der Waals surface area contributed by atoms with E-state index in [1.807, 2.05) is 24.3 Å². The summed E-state index contributed by atoms with van der Waals surface area (Å²) in [5.41, 5.74) is 4.23. The molecule has 1 heterocycles. The van der Waals surface area contributed by atoms with Crippen molar-refractivity contribution in [3.63, 3.8) is 0 Å². The number of hydrogen-bond donors (Lipinski definition) is 1. The molecule has 2 nitrogen and oxygen atoms in total. The Morgan fingerprint density at radius 1 is 1.00 bits per heavy atom.